The van der Waals surface area contributed by atoms with Crippen LogP contribution in [-0.2, 0) is 14.8 Å². The number of hydrogen-bond donors (Lipinski definition) is 2. The quantitative estimate of drug-likeness (QED) is 0.829. The second-order valence-electron chi connectivity index (χ2n) is 4.90. The number of rotatable bonds is 6. The minimum Gasteiger partial charge on any atom is -0.377 e. The molecule has 2 atom stereocenters. The molecule has 0 aromatic carbocycles. The molecule has 2 unspecified atom stereocenters. The van der Waals surface area contributed by atoms with E-state index in [1.807, 2.05) is 13.8 Å². The van der Waals surface area contributed by atoms with Crippen molar-refractivity contribution in [3.05, 3.63) is 18.3 Å². The first-order valence-corrected chi connectivity index (χ1v) is 8.35. The molecular formula is C13H21N3O3S. The first-order chi connectivity index (χ1) is 9.53. The molecule has 0 radical (unpaired) electrons. The molecule has 1 aromatic heterocycles. The molecular weight excluding hydrogens is 278 g/mol. The van der Waals surface area contributed by atoms with Crippen LogP contribution in [0.4, 0.5) is 5.82 Å². The highest BCUT2D eigenvalue weighted by Gasteiger charge is 2.29. The van der Waals surface area contributed by atoms with Crippen LogP contribution < -0.4 is 10.0 Å². The zero-order valence-corrected chi connectivity index (χ0v) is 12.6. The Hall–Kier alpha value is -1.18. The lowest BCUT2D eigenvalue weighted by Gasteiger charge is -2.16. The summed E-state index contributed by atoms with van der Waals surface area (Å²) < 4.78 is 32.7. The van der Waals surface area contributed by atoms with Gasteiger partial charge in [-0.3, -0.25) is 0 Å². The van der Waals surface area contributed by atoms with Crippen LogP contribution in [-0.4, -0.2) is 38.7 Å². The van der Waals surface area contributed by atoms with E-state index in [0.29, 0.717) is 18.8 Å². The largest absolute Gasteiger partial charge is 0.377 e. The summed E-state index contributed by atoms with van der Waals surface area (Å²) >= 11 is 0. The van der Waals surface area contributed by atoms with Crippen molar-refractivity contribution in [2.45, 2.75) is 43.7 Å². The van der Waals surface area contributed by atoms with Gasteiger partial charge in [-0.1, -0.05) is 6.92 Å². The van der Waals surface area contributed by atoms with Crippen LogP contribution in [0.1, 0.15) is 26.7 Å². The molecule has 1 aliphatic heterocycles. The SMILES string of the molecule is CCCNc1cc(S(=O)(=O)NC2CCOC2C)ccn1. The minimum absolute atomic E-state index is 0.0932. The Kier molecular flexibility index (Phi) is 4.95. The number of nitrogens with one attached hydrogen (secondary N) is 2. The molecule has 2 N–H and O–H groups in total. The van der Waals surface area contributed by atoms with Gasteiger partial charge >= 0.3 is 0 Å². The predicted molar refractivity (Wildman–Crippen MR) is 77.2 cm³/mol. The average Bonchev–Trinajstić information content (AvgIpc) is 2.82. The van der Waals surface area contributed by atoms with Gasteiger partial charge in [-0.15, -0.1) is 0 Å². The van der Waals surface area contributed by atoms with Crippen LogP contribution in [0.15, 0.2) is 23.2 Å². The van der Waals surface area contributed by atoms with Gasteiger partial charge in [0.2, 0.25) is 10.0 Å². The van der Waals surface area contributed by atoms with Gasteiger partial charge in [0.15, 0.2) is 0 Å². The molecule has 0 spiro atoms. The first kappa shape index (κ1) is 15.2. The Bertz CT molecular complexity index is 548. The number of ether oxygens (including phenoxy) is 1. The molecule has 1 aromatic rings. The monoisotopic (exact) mass is 299 g/mol. The number of pyridine rings is 1. The van der Waals surface area contributed by atoms with Gasteiger partial charge in [0.25, 0.3) is 0 Å². The molecule has 2 rings (SSSR count). The first-order valence-electron chi connectivity index (χ1n) is 6.87. The maximum atomic E-state index is 12.3. The van der Waals surface area contributed by atoms with Gasteiger partial charge in [-0.25, -0.2) is 18.1 Å². The van der Waals surface area contributed by atoms with Crippen LogP contribution in [0, 0.1) is 0 Å². The Morgan fingerprint density at radius 1 is 1.50 bits per heavy atom. The van der Waals surface area contributed by atoms with E-state index in [0.717, 1.165) is 13.0 Å². The molecule has 112 valence electrons. The number of aromatic nitrogens is 1. The lowest BCUT2D eigenvalue weighted by atomic mass is 10.2. The normalized spacial score (nSPS) is 22.9. The van der Waals surface area contributed by atoms with E-state index in [1.165, 1.54) is 12.3 Å². The van der Waals surface area contributed by atoms with Crippen LogP contribution in [0.5, 0.6) is 0 Å². The summed E-state index contributed by atoms with van der Waals surface area (Å²) in [5, 5.41) is 3.08. The zero-order valence-electron chi connectivity index (χ0n) is 11.8. The Balaban J connectivity index is 2.12. The van der Waals surface area contributed by atoms with Gasteiger partial charge in [0, 0.05) is 25.4 Å². The van der Waals surface area contributed by atoms with Crippen LogP contribution in [0.3, 0.4) is 0 Å². The van der Waals surface area contributed by atoms with Gasteiger partial charge in [-0.2, -0.15) is 0 Å². The standard InChI is InChI=1S/C13H21N3O3S/c1-3-6-14-13-9-11(4-7-15-13)20(17,18)16-12-5-8-19-10(12)2/h4,7,9-10,12,16H,3,5-6,8H2,1-2H3,(H,14,15). The van der Waals surface area contributed by atoms with Crippen molar-refractivity contribution in [1.29, 1.82) is 0 Å². The maximum Gasteiger partial charge on any atom is 0.241 e. The third kappa shape index (κ3) is 3.68. The highest BCUT2D eigenvalue weighted by atomic mass is 32.2. The summed E-state index contributed by atoms with van der Waals surface area (Å²) in [7, 11) is -3.53. The molecule has 7 heteroatoms. The highest BCUT2D eigenvalue weighted by molar-refractivity contribution is 7.89. The molecule has 0 saturated carbocycles. The average molecular weight is 299 g/mol. The highest BCUT2D eigenvalue weighted by Crippen LogP contribution is 2.18. The van der Waals surface area contributed by atoms with E-state index in [-0.39, 0.29) is 17.0 Å². The molecule has 2 heterocycles. The third-order valence-corrected chi connectivity index (χ3v) is 4.77. The van der Waals surface area contributed by atoms with E-state index in [1.54, 1.807) is 6.07 Å². The second kappa shape index (κ2) is 6.51. The molecule has 0 amide bonds. The fourth-order valence-electron chi connectivity index (χ4n) is 2.08. The van der Waals surface area contributed by atoms with Gasteiger partial charge in [-0.05, 0) is 25.8 Å². The summed E-state index contributed by atoms with van der Waals surface area (Å²) in [5.74, 6) is 0.574. The van der Waals surface area contributed by atoms with E-state index in [4.69, 9.17) is 4.74 Å². The van der Waals surface area contributed by atoms with Crippen molar-refractivity contribution < 1.29 is 13.2 Å². The molecule has 20 heavy (non-hydrogen) atoms. The van der Waals surface area contributed by atoms with Crippen molar-refractivity contribution in [2.24, 2.45) is 0 Å². The lowest BCUT2D eigenvalue weighted by molar-refractivity contribution is 0.117. The van der Waals surface area contributed by atoms with Crippen molar-refractivity contribution in [2.75, 3.05) is 18.5 Å². The number of sulfonamides is 1. The molecule has 1 aliphatic rings. The van der Waals surface area contributed by atoms with E-state index in [2.05, 4.69) is 15.0 Å². The number of hydrogen-bond acceptors (Lipinski definition) is 5. The summed E-state index contributed by atoms with van der Waals surface area (Å²) in [6.07, 6.45) is 3.06. The van der Waals surface area contributed by atoms with Gasteiger partial charge in [0.1, 0.15) is 5.82 Å². The molecule has 6 nitrogen and oxygen atoms in total. The minimum atomic E-state index is -3.53. The molecule has 1 fully saturated rings. The van der Waals surface area contributed by atoms with E-state index in [9.17, 15) is 8.42 Å². The van der Waals surface area contributed by atoms with E-state index >= 15 is 0 Å². The van der Waals surface area contributed by atoms with Gasteiger partial charge in [0.05, 0.1) is 17.0 Å². The Labute approximate surface area is 120 Å². The number of anilines is 1. The van der Waals surface area contributed by atoms with E-state index < -0.39 is 10.0 Å². The van der Waals surface area contributed by atoms with Gasteiger partial charge < -0.3 is 10.1 Å². The number of nitrogens with zero attached hydrogens (tertiary/aromatic N) is 1. The summed E-state index contributed by atoms with van der Waals surface area (Å²) in [5.41, 5.74) is 0. The van der Waals surface area contributed by atoms with Crippen LogP contribution in [0.2, 0.25) is 0 Å². The molecule has 0 bridgehead atoms. The predicted octanol–water partition coefficient (Wildman–Crippen LogP) is 1.36. The third-order valence-electron chi connectivity index (χ3n) is 3.28. The summed E-state index contributed by atoms with van der Waals surface area (Å²) in [6, 6.07) is 2.89. The smallest absolute Gasteiger partial charge is 0.241 e. The summed E-state index contributed by atoms with van der Waals surface area (Å²) in [4.78, 5) is 4.34. The zero-order chi connectivity index (χ0) is 14.6. The summed E-state index contributed by atoms with van der Waals surface area (Å²) in [6.45, 7) is 5.27. The van der Waals surface area contributed by atoms with Crippen molar-refractivity contribution in [1.82, 2.24) is 9.71 Å². The fourth-order valence-corrected chi connectivity index (χ4v) is 3.43. The topological polar surface area (TPSA) is 80.3 Å². The van der Waals surface area contributed by atoms with Crippen LogP contribution in [0.25, 0.3) is 0 Å². The second-order valence-corrected chi connectivity index (χ2v) is 6.61. The molecule has 1 saturated heterocycles. The van der Waals surface area contributed by atoms with Crippen LogP contribution >= 0.6 is 0 Å². The Morgan fingerprint density at radius 3 is 2.95 bits per heavy atom. The lowest BCUT2D eigenvalue weighted by Crippen LogP contribution is -2.39. The van der Waals surface area contributed by atoms with Crippen molar-refractivity contribution in [3.63, 3.8) is 0 Å². The fraction of sp³-hybridized carbons (Fsp3) is 0.615. The maximum absolute atomic E-state index is 12.3. The van der Waals surface area contributed by atoms with Crippen molar-refractivity contribution >= 4 is 15.8 Å². The van der Waals surface area contributed by atoms with Crippen molar-refractivity contribution in [3.8, 4) is 0 Å². The molecule has 0 aliphatic carbocycles. The Morgan fingerprint density at radius 2 is 2.30 bits per heavy atom.